The zero-order valence-electron chi connectivity index (χ0n) is 16.2. The Labute approximate surface area is 179 Å². The fourth-order valence-corrected chi connectivity index (χ4v) is 4.82. The number of nitrogens with zero attached hydrogens (tertiary/aromatic N) is 2. The zero-order valence-corrected chi connectivity index (χ0v) is 17.8. The summed E-state index contributed by atoms with van der Waals surface area (Å²) in [7, 11) is 0. The number of rotatable bonds is 9. The van der Waals surface area contributed by atoms with Crippen LogP contribution in [-0.2, 0) is 21.8 Å². The van der Waals surface area contributed by atoms with Crippen LogP contribution in [0, 0.1) is 0 Å². The van der Waals surface area contributed by atoms with Gasteiger partial charge in [0.1, 0.15) is 6.26 Å². The Balaban J connectivity index is 1.31. The van der Waals surface area contributed by atoms with Crippen molar-refractivity contribution in [3.05, 3.63) is 64.7 Å². The molecule has 0 spiro atoms. The second kappa shape index (κ2) is 10.1. The van der Waals surface area contributed by atoms with Crippen LogP contribution in [0.1, 0.15) is 23.4 Å². The Bertz CT molecular complexity index is 890. The number of hydrogen-bond acceptors (Lipinski definition) is 6. The molecule has 1 atom stereocenters. The van der Waals surface area contributed by atoms with E-state index in [1.165, 1.54) is 4.88 Å². The third-order valence-corrected chi connectivity index (χ3v) is 6.59. The summed E-state index contributed by atoms with van der Waals surface area (Å²) >= 11 is 3.25. The van der Waals surface area contributed by atoms with E-state index < -0.39 is 0 Å². The van der Waals surface area contributed by atoms with Gasteiger partial charge in [0.2, 0.25) is 11.8 Å². The zero-order chi connectivity index (χ0) is 19.9. The highest BCUT2D eigenvalue weighted by molar-refractivity contribution is 7.99. The molecule has 0 N–H and O–H groups in total. The first-order valence-electron chi connectivity index (χ1n) is 9.77. The van der Waals surface area contributed by atoms with E-state index in [2.05, 4.69) is 11.1 Å². The number of benzene rings is 1. The first-order valence-corrected chi connectivity index (χ1v) is 11.8. The molecule has 1 fully saturated rings. The number of carbonyl (C=O) groups is 1. The summed E-state index contributed by atoms with van der Waals surface area (Å²) < 4.78 is 11.3. The summed E-state index contributed by atoms with van der Waals surface area (Å²) in [5.41, 5.74) is 1.81. The lowest BCUT2D eigenvalue weighted by molar-refractivity contribution is -0.130. The molecular weight excluding hydrogens is 404 g/mol. The van der Waals surface area contributed by atoms with E-state index in [1.807, 2.05) is 46.7 Å². The highest BCUT2D eigenvalue weighted by Gasteiger charge is 2.23. The fraction of sp³-hybridized carbons (Fsp3) is 0.364. The second-order valence-corrected chi connectivity index (χ2v) is 9.01. The minimum absolute atomic E-state index is 0.144. The van der Waals surface area contributed by atoms with Crippen molar-refractivity contribution in [2.75, 3.05) is 18.9 Å². The molecule has 7 heteroatoms. The molecule has 1 saturated heterocycles. The van der Waals surface area contributed by atoms with Crippen LogP contribution in [0.3, 0.4) is 0 Å². The molecule has 1 aromatic carbocycles. The molecule has 1 unspecified atom stereocenters. The van der Waals surface area contributed by atoms with Crippen molar-refractivity contribution < 1.29 is 13.9 Å². The summed E-state index contributed by atoms with van der Waals surface area (Å²) in [6.45, 7) is 2.12. The summed E-state index contributed by atoms with van der Waals surface area (Å²) in [6, 6.07) is 13.9. The highest BCUT2D eigenvalue weighted by atomic mass is 32.2. The number of hydrogen-bond donors (Lipinski definition) is 0. The van der Waals surface area contributed by atoms with Crippen molar-refractivity contribution in [1.82, 2.24) is 9.88 Å². The average Bonchev–Trinajstić information content (AvgIpc) is 3.51. The van der Waals surface area contributed by atoms with E-state index in [0.717, 1.165) is 30.7 Å². The molecule has 152 valence electrons. The van der Waals surface area contributed by atoms with Crippen LogP contribution in [0.2, 0.25) is 0 Å². The Morgan fingerprint density at radius 1 is 1.24 bits per heavy atom. The van der Waals surface area contributed by atoms with Gasteiger partial charge in [-0.15, -0.1) is 23.1 Å². The quantitative estimate of drug-likeness (QED) is 0.488. The topological polar surface area (TPSA) is 55.6 Å². The van der Waals surface area contributed by atoms with Crippen LogP contribution in [0.5, 0.6) is 0 Å². The SMILES string of the molecule is O=C(CSCc1coc(-c2ccccc2)n1)N(Cc1cccs1)CC1CCCO1. The van der Waals surface area contributed by atoms with Crippen molar-refractivity contribution in [3.63, 3.8) is 0 Å². The molecule has 1 aliphatic rings. The second-order valence-electron chi connectivity index (χ2n) is 6.99. The lowest BCUT2D eigenvalue weighted by Crippen LogP contribution is -2.37. The third-order valence-electron chi connectivity index (χ3n) is 4.78. The standard InChI is InChI=1S/C22H24N2O3S2/c25-21(24(12-19-8-4-10-26-19)13-20-9-5-11-29-20)16-28-15-18-14-27-22(23-18)17-6-2-1-3-7-17/h1-3,5-7,9,11,14,19H,4,8,10,12-13,15-16H2. The van der Waals surface area contributed by atoms with Crippen LogP contribution in [0.15, 0.2) is 58.5 Å². The van der Waals surface area contributed by atoms with Gasteiger partial charge in [-0.3, -0.25) is 4.79 Å². The van der Waals surface area contributed by atoms with E-state index in [4.69, 9.17) is 9.15 Å². The molecule has 29 heavy (non-hydrogen) atoms. The summed E-state index contributed by atoms with van der Waals surface area (Å²) in [4.78, 5) is 20.6. The molecule has 1 amide bonds. The summed E-state index contributed by atoms with van der Waals surface area (Å²) in [5.74, 6) is 1.83. The van der Waals surface area contributed by atoms with E-state index in [9.17, 15) is 4.79 Å². The van der Waals surface area contributed by atoms with Gasteiger partial charge in [-0.25, -0.2) is 4.98 Å². The molecule has 1 aliphatic heterocycles. The minimum atomic E-state index is 0.144. The number of thiophene rings is 1. The fourth-order valence-electron chi connectivity index (χ4n) is 3.30. The lowest BCUT2D eigenvalue weighted by Gasteiger charge is -2.25. The van der Waals surface area contributed by atoms with Crippen LogP contribution in [0.4, 0.5) is 0 Å². The molecular formula is C22H24N2O3S2. The molecule has 3 aromatic rings. The van der Waals surface area contributed by atoms with Crippen LogP contribution in [-0.4, -0.2) is 40.8 Å². The Morgan fingerprint density at radius 3 is 2.90 bits per heavy atom. The molecule has 0 radical (unpaired) electrons. The first-order chi connectivity index (χ1) is 14.3. The Kier molecular flexibility index (Phi) is 7.03. The van der Waals surface area contributed by atoms with Crippen LogP contribution < -0.4 is 0 Å². The smallest absolute Gasteiger partial charge is 0.232 e. The van der Waals surface area contributed by atoms with Gasteiger partial charge in [-0.05, 0) is 36.4 Å². The molecule has 5 nitrogen and oxygen atoms in total. The number of carbonyl (C=O) groups excluding carboxylic acids is 1. The number of thioether (sulfide) groups is 1. The normalized spacial score (nSPS) is 16.2. The van der Waals surface area contributed by atoms with Crippen molar-refractivity contribution in [1.29, 1.82) is 0 Å². The van der Waals surface area contributed by atoms with Crippen molar-refractivity contribution >= 4 is 29.0 Å². The number of aromatic nitrogens is 1. The highest BCUT2D eigenvalue weighted by Crippen LogP contribution is 2.22. The van der Waals surface area contributed by atoms with Gasteiger partial charge in [0.25, 0.3) is 0 Å². The van der Waals surface area contributed by atoms with E-state index in [-0.39, 0.29) is 12.0 Å². The third kappa shape index (κ3) is 5.72. The van der Waals surface area contributed by atoms with Gasteiger partial charge in [0.05, 0.1) is 24.1 Å². The maximum atomic E-state index is 12.9. The van der Waals surface area contributed by atoms with Gasteiger partial charge in [-0.1, -0.05) is 24.3 Å². The predicted molar refractivity (Wildman–Crippen MR) is 117 cm³/mol. The maximum absolute atomic E-state index is 12.9. The predicted octanol–water partition coefficient (Wildman–Crippen LogP) is 4.84. The Morgan fingerprint density at radius 2 is 2.14 bits per heavy atom. The van der Waals surface area contributed by atoms with Crippen molar-refractivity contribution in [2.24, 2.45) is 0 Å². The van der Waals surface area contributed by atoms with Crippen LogP contribution >= 0.6 is 23.1 Å². The number of ether oxygens (including phenoxy) is 1. The lowest BCUT2D eigenvalue weighted by atomic mass is 10.2. The first kappa shape index (κ1) is 20.2. The Hall–Kier alpha value is -2.09. The molecule has 3 heterocycles. The minimum Gasteiger partial charge on any atom is -0.444 e. The van der Waals surface area contributed by atoms with Gasteiger partial charge in [0.15, 0.2) is 0 Å². The van der Waals surface area contributed by atoms with E-state index in [0.29, 0.717) is 30.5 Å². The molecule has 2 aromatic heterocycles. The van der Waals surface area contributed by atoms with Crippen LogP contribution in [0.25, 0.3) is 11.5 Å². The summed E-state index contributed by atoms with van der Waals surface area (Å²) in [5, 5.41) is 2.05. The molecule has 0 aliphatic carbocycles. The van der Waals surface area contributed by atoms with Gasteiger partial charge in [-0.2, -0.15) is 0 Å². The molecule has 4 rings (SSSR count). The molecule has 0 saturated carbocycles. The number of oxazole rings is 1. The average molecular weight is 429 g/mol. The monoisotopic (exact) mass is 428 g/mol. The van der Waals surface area contributed by atoms with Gasteiger partial charge >= 0.3 is 0 Å². The van der Waals surface area contributed by atoms with E-state index in [1.54, 1.807) is 29.4 Å². The summed E-state index contributed by atoms with van der Waals surface area (Å²) in [6.07, 6.45) is 3.95. The largest absolute Gasteiger partial charge is 0.444 e. The maximum Gasteiger partial charge on any atom is 0.232 e. The van der Waals surface area contributed by atoms with E-state index >= 15 is 0 Å². The van der Waals surface area contributed by atoms with Crippen molar-refractivity contribution in [3.8, 4) is 11.5 Å². The van der Waals surface area contributed by atoms with Crippen molar-refractivity contribution in [2.45, 2.75) is 31.2 Å². The number of amides is 1. The molecule has 0 bridgehead atoms. The van der Waals surface area contributed by atoms with Gasteiger partial charge < -0.3 is 14.1 Å². The van der Waals surface area contributed by atoms with Gasteiger partial charge in [0, 0.05) is 29.3 Å².